The second-order valence-corrected chi connectivity index (χ2v) is 5.00. The SMILES string of the molecule is CCCCCNC(=O)c1cccc(-c2ccc(OC)nn2)c1. The van der Waals surface area contributed by atoms with E-state index < -0.39 is 0 Å². The number of rotatable bonds is 7. The summed E-state index contributed by atoms with van der Waals surface area (Å²) in [5, 5.41) is 11.0. The number of ether oxygens (including phenoxy) is 1. The topological polar surface area (TPSA) is 64.1 Å². The van der Waals surface area contributed by atoms with Gasteiger partial charge in [-0.05, 0) is 24.6 Å². The summed E-state index contributed by atoms with van der Waals surface area (Å²) < 4.78 is 4.99. The van der Waals surface area contributed by atoms with Crippen LogP contribution in [0.15, 0.2) is 36.4 Å². The van der Waals surface area contributed by atoms with Gasteiger partial charge in [0.25, 0.3) is 5.91 Å². The van der Waals surface area contributed by atoms with E-state index >= 15 is 0 Å². The summed E-state index contributed by atoms with van der Waals surface area (Å²) >= 11 is 0. The van der Waals surface area contributed by atoms with E-state index in [1.54, 1.807) is 19.2 Å². The summed E-state index contributed by atoms with van der Waals surface area (Å²) in [5.41, 5.74) is 2.20. The van der Waals surface area contributed by atoms with Crippen LogP contribution in [0.25, 0.3) is 11.3 Å². The van der Waals surface area contributed by atoms with Crippen molar-refractivity contribution in [3.8, 4) is 17.1 Å². The normalized spacial score (nSPS) is 10.3. The highest BCUT2D eigenvalue weighted by atomic mass is 16.5. The third-order valence-corrected chi connectivity index (χ3v) is 3.34. The standard InChI is InChI=1S/C17H21N3O2/c1-3-4-5-11-18-17(21)14-8-6-7-13(12-14)15-9-10-16(22-2)20-19-15/h6-10,12H,3-5,11H2,1-2H3,(H,18,21). The molecule has 1 aromatic carbocycles. The number of aromatic nitrogens is 2. The third-order valence-electron chi connectivity index (χ3n) is 3.34. The lowest BCUT2D eigenvalue weighted by Gasteiger charge is -2.07. The Kier molecular flexibility index (Phi) is 5.89. The molecule has 0 bridgehead atoms. The molecule has 1 aromatic heterocycles. The monoisotopic (exact) mass is 299 g/mol. The lowest BCUT2D eigenvalue weighted by molar-refractivity contribution is 0.0953. The van der Waals surface area contributed by atoms with Crippen LogP contribution in [0.3, 0.4) is 0 Å². The molecule has 1 heterocycles. The molecule has 0 unspecified atom stereocenters. The van der Waals surface area contributed by atoms with E-state index in [1.165, 1.54) is 0 Å². The summed E-state index contributed by atoms with van der Waals surface area (Å²) in [4.78, 5) is 12.1. The Hall–Kier alpha value is -2.43. The molecule has 0 fully saturated rings. The lowest BCUT2D eigenvalue weighted by atomic mass is 10.1. The molecule has 0 saturated carbocycles. The Bertz CT molecular complexity index is 612. The minimum atomic E-state index is -0.0561. The highest BCUT2D eigenvalue weighted by Crippen LogP contribution is 2.19. The third kappa shape index (κ3) is 4.28. The minimum Gasteiger partial charge on any atom is -0.480 e. The number of unbranched alkanes of at least 4 members (excludes halogenated alkanes) is 2. The maximum atomic E-state index is 12.1. The van der Waals surface area contributed by atoms with Crippen LogP contribution in [0, 0.1) is 0 Å². The van der Waals surface area contributed by atoms with Crippen LogP contribution < -0.4 is 10.1 Å². The number of methoxy groups -OCH3 is 1. The summed E-state index contributed by atoms with van der Waals surface area (Å²) in [6, 6.07) is 11.0. The van der Waals surface area contributed by atoms with Gasteiger partial charge in [0.1, 0.15) is 0 Å². The van der Waals surface area contributed by atoms with Crippen molar-refractivity contribution >= 4 is 5.91 Å². The first-order chi connectivity index (χ1) is 10.7. The number of carbonyl (C=O) groups excluding carboxylic acids is 1. The summed E-state index contributed by atoms with van der Waals surface area (Å²) in [6.07, 6.45) is 3.27. The summed E-state index contributed by atoms with van der Waals surface area (Å²) in [5.74, 6) is 0.410. The van der Waals surface area contributed by atoms with Gasteiger partial charge in [-0.15, -0.1) is 10.2 Å². The summed E-state index contributed by atoms with van der Waals surface area (Å²) in [6.45, 7) is 2.85. The van der Waals surface area contributed by atoms with Crippen LogP contribution in [0.1, 0.15) is 36.5 Å². The molecule has 2 rings (SSSR count). The van der Waals surface area contributed by atoms with Crippen LogP contribution in [0.5, 0.6) is 5.88 Å². The van der Waals surface area contributed by atoms with Crippen molar-refractivity contribution in [2.75, 3.05) is 13.7 Å². The molecule has 2 aromatic rings. The lowest BCUT2D eigenvalue weighted by Crippen LogP contribution is -2.24. The van der Waals surface area contributed by atoms with Gasteiger partial charge in [-0.2, -0.15) is 0 Å². The zero-order chi connectivity index (χ0) is 15.8. The van der Waals surface area contributed by atoms with Crippen LogP contribution in [-0.4, -0.2) is 29.8 Å². The molecule has 5 heteroatoms. The van der Waals surface area contributed by atoms with Crippen molar-refractivity contribution in [2.24, 2.45) is 0 Å². The first kappa shape index (κ1) is 15.9. The number of benzene rings is 1. The predicted molar refractivity (Wildman–Crippen MR) is 85.9 cm³/mol. The number of carbonyl (C=O) groups is 1. The number of nitrogens with one attached hydrogen (secondary N) is 1. The molecule has 0 spiro atoms. The minimum absolute atomic E-state index is 0.0561. The molecule has 0 aliphatic carbocycles. The Balaban J connectivity index is 2.06. The quantitative estimate of drug-likeness (QED) is 0.798. The van der Waals surface area contributed by atoms with Crippen molar-refractivity contribution in [2.45, 2.75) is 26.2 Å². The zero-order valence-corrected chi connectivity index (χ0v) is 13.0. The molecule has 1 N–H and O–H groups in total. The van der Waals surface area contributed by atoms with E-state index in [0.29, 0.717) is 23.7 Å². The van der Waals surface area contributed by atoms with Gasteiger partial charge in [0.2, 0.25) is 5.88 Å². The summed E-state index contributed by atoms with van der Waals surface area (Å²) in [7, 11) is 1.55. The number of hydrogen-bond acceptors (Lipinski definition) is 4. The highest BCUT2D eigenvalue weighted by molar-refractivity contribution is 5.95. The molecule has 0 radical (unpaired) electrons. The highest BCUT2D eigenvalue weighted by Gasteiger charge is 2.08. The van der Waals surface area contributed by atoms with Crippen LogP contribution in [-0.2, 0) is 0 Å². The van der Waals surface area contributed by atoms with Gasteiger partial charge in [-0.3, -0.25) is 4.79 Å². The van der Waals surface area contributed by atoms with Gasteiger partial charge in [0.05, 0.1) is 12.8 Å². The van der Waals surface area contributed by atoms with Crippen LogP contribution in [0.2, 0.25) is 0 Å². The largest absolute Gasteiger partial charge is 0.480 e. The van der Waals surface area contributed by atoms with Crippen molar-refractivity contribution in [3.63, 3.8) is 0 Å². The fraction of sp³-hybridized carbons (Fsp3) is 0.353. The molecule has 0 aliphatic rings. The Labute approximate surface area is 130 Å². The first-order valence-corrected chi connectivity index (χ1v) is 7.51. The van der Waals surface area contributed by atoms with Crippen molar-refractivity contribution in [3.05, 3.63) is 42.0 Å². The Morgan fingerprint density at radius 2 is 2.05 bits per heavy atom. The molecule has 5 nitrogen and oxygen atoms in total. The van der Waals surface area contributed by atoms with E-state index in [-0.39, 0.29) is 5.91 Å². The Morgan fingerprint density at radius 3 is 2.73 bits per heavy atom. The second-order valence-electron chi connectivity index (χ2n) is 5.00. The molecular formula is C17H21N3O2. The van der Waals surface area contributed by atoms with Gasteiger partial charge in [0, 0.05) is 23.7 Å². The number of hydrogen-bond donors (Lipinski definition) is 1. The fourth-order valence-corrected chi connectivity index (χ4v) is 2.08. The fourth-order valence-electron chi connectivity index (χ4n) is 2.08. The van der Waals surface area contributed by atoms with Gasteiger partial charge in [-0.25, -0.2) is 0 Å². The number of nitrogens with zero attached hydrogens (tertiary/aromatic N) is 2. The first-order valence-electron chi connectivity index (χ1n) is 7.51. The van der Waals surface area contributed by atoms with Crippen molar-refractivity contribution < 1.29 is 9.53 Å². The van der Waals surface area contributed by atoms with E-state index in [1.807, 2.05) is 24.3 Å². The predicted octanol–water partition coefficient (Wildman–Crippen LogP) is 3.07. The molecule has 0 saturated heterocycles. The average Bonchev–Trinajstić information content (AvgIpc) is 2.59. The van der Waals surface area contributed by atoms with Crippen LogP contribution >= 0.6 is 0 Å². The molecular weight excluding hydrogens is 278 g/mol. The Morgan fingerprint density at radius 1 is 1.18 bits per heavy atom. The molecule has 0 atom stereocenters. The number of amides is 1. The molecule has 1 amide bonds. The van der Waals surface area contributed by atoms with Gasteiger partial charge < -0.3 is 10.1 Å². The van der Waals surface area contributed by atoms with Gasteiger partial charge >= 0.3 is 0 Å². The zero-order valence-electron chi connectivity index (χ0n) is 13.0. The molecule has 22 heavy (non-hydrogen) atoms. The smallest absolute Gasteiger partial charge is 0.251 e. The van der Waals surface area contributed by atoms with Crippen LogP contribution in [0.4, 0.5) is 0 Å². The van der Waals surface area contributed by atoms with E-state index in [9.17, 15) is 4.79 Å². The molecule has 116 valence electrons. The van der Waals surface area contributed by atoms with E-state index in [0.717, 1.165) is 24.8 Å². The van der Waals surface area contributed by atoms with Crippen molar-refractivity contribution in [1.29, 1.82) is 0 Å². The van der Waals surface area contributed by atoms with E-state index in [4.69, 9.17) is 4.74 Å². The van der Waals surface area contributed by atoms with Gasteiger partial charge in [-0.1, -0.05) is 31.9 Å². The second kappa shape index (κ2) is 8.12. The van der Waals surface area contributed by atoms with Crippen molar-refractivity contribution in [1.82, 2.24) is 15.5 Å². The maximum Gasteiger partial charge on any atom is 0.251 e. The maximum absolute atomic E-state index is 12.1. The average molecular weight is 299 g/mol. The van der Waals surface area contributed by atoms with Gasteiger partial charge in [0.15, 0.2) is 0 Å². The molecule has 0 aliphatic heterocycles. The van der Waals surface area contributed by atoms with E-state index in [2.05, 4.69) is 22.4 Å².